The fourth-order valence-corrected chi connectivity index (χ4v) is 0.753. The van der Waals surface area contributed by atoms with Crippen molar-refractivity contribution in [1.29, 1.82) is 0 Å². The van der Waals surface area contributed by atoms with E-state index >= 15 is 0 Å². The summed E-state index contributed by atoms with van der Waals surface area (Å²) in [6, 6.07) is 0. The largest absolute Gasteiger partial charge is 0.103 e. The van der Waals surface area contributed by atoms with Crippen molar-refractivity contribution in [2.24, 2.45) is 5.92 Å². The van der Waals surface area contributed by atoms with Crippen LogP contribution < -0.4 is 0 Å². The molecule has 0 aliphatic rings. The van der Waals surface area contributed by atoms with Gasteiger partial charge in [0.1, 0.15) is 0 Å². The molecule has 0 heteroatoms. The minimum Gasteiger partial charge on any atom is -0.103 e. The van der Waals surface area contributed by atoms with E-state index < -0.39 is 0 Å². The lowest BCUT2D eigenvalue weighted by molar-refractivity contribution is 0.595. The van der Waals surface area contributed by atoms with E-state index in [9.17, 15) is 0 Å². The van der Waals surface area contributed by atoms with E-state index in [2.05, 4.69) is 26.8 Å². The van der Waals surface area contributed by atoms with Gasteiger partial charge in [0.05, 0.1) is 0 Å². The zero-order valence-electron chi connectivity index (χ0n) is 5.85. The molecule has 0 fully saturated rings. The summed E-state index contributed by atoms with van der Waals surface area (Å²) in [5, 5.41) is 0. The molecule has 1 radical (unpaired) electrons. The molecule has 1 atom stereocenters. The molecule has 0 saturated carbocycles. The molecule has 0 rings (SSSR count). The van der Waals surface area contributed by atoms with Crippen LogP contribution in [0.2, 0.25) is 0 Å². The Labute approximate surface area is 52.6 Å². The topological polar surface area (TPSA) is 0 Å². The van der Waals surface area contributed by atoms with Gasteiger partial charge in [-0.1, -0.05) is 26.3 Å². The van der Waals surface area contributed by atoms with E-state index in [1.54, 1.807) is 0 Å². The van der Waals surface area contributed by atoms with Crippen LogP contribution in [0.3, 0.4) is 0 Å². The molecule has 1 unspecified atom stereocenters. The van der Waals surface area contributed by atoms with Crippen LogP contribution in [0, 0.1) is 12.3 Å². The number of hydrogen-bond acceptors (Lipinski definition) is 0. The lowest BCUT2D eigenvalue weighted by Gasteiger charge is -2.06. The van der Waals surface area contributed by atoms with Crippen molar-refractivity contribution in [3.8, 4) is 0 Å². The van der Waals surface area contributed by atoms with Crippen LogP contribution in [0.5, 0.6) is 0 Å². The Kier molecular flexibility index (Phi) is 4.73. The van der Waals surface area contributed by atoms with Crippen LogP contribution in [-0.2, 0) is 0 Å². The summed E-state index contributed by atoms with van der Waals surface area (Å²) >= 11 is 0. The molecule has 0 aliphatic carbocycles. The Hall–Kier alpha value is -0.260. The zero-order valence-corrected chi connectivity index (χ0v) is 5.85. The third-order valence-corrected chi connectivity index (χ3v) is 1.47. The smallest absolute Gasteiger partial charge is 0.0322 e. The van der Waals surface area contributed by atoms with E-state index in [1.165, 1.54) is 6.42 Å². The summed E-state index contributed by atoms with van der Waals surface area (Å²) in [6.45, 7) is 7.99. The number of rotatable bonds is 4. The molecule has 0 bridgehead atoms. The molecule has 0 aromatic heterocycles. The fourth-order valence-electron chi connectivity index (χ4n) is 0.753. The SMILES string of the molecule is C=CCC([CH]C)CC. The van der Waals surface area contributed by atoms with Gasteiger partial charge in [-0.05, 0) is 18.8 Å². The summed E-state index contributed by atoms with van der Waals surface area (Å²) in [7, 11) is 0. The average Bonchev–Trinajstić information content (AvgIpc) is 1.83. The molecule has 8 heavy (non-hydrogen) atoms. The highest BCUT2D eigenvalue weighted by molar-refractivity contribution is 4.78. The third kappa shape index (κ3) is 2.84. The normalized spacial score (nSPS) is 9.88. The lowest BCUT2D eigenvalue weighted by Crippen LogP contribution is -1.93. The summed E-state index contributed by atoms with van der Waals surface area (Å²) < 4.78 is 0. The quantitative estimate of drug-likeness (QED) is 0.489. The van der Waals surface area contributed by atoms with Gasteiger partial charge in [0.15, 0.2) is 0 Å². The second-order valence-corrected chi connectivity index (χ2v) is 2.03. The Morgan fingerprint density at radius 2 is 2.25 bits per heavy atom. The number of allylic oxidation sites excluding steroid dienone is 1. The van der Waals surface area contributed by atoms with Gasteiger partial charge in [-0.15, -0.1) is 6.58 Å². The van der Waals surface area contributed by atoms with Crippen molar-refractivity contribution in [3.05, 3.63) is 19.1 Å². The van der Waals surface area contributed by atoms with Crippen LogP contribution in [0.15, 0.2) is 12.7 Å². The van der Waals surface area contributed by atoms with Crippen LogP contribution >= 0.6 is 0 Å². The molecule has 0 aromatic carbocycles. The lowest BCUT2D eigenvalue weighted by atomic mass is 10.00. The van der Waals surface area contributed by atoms with Crippen molar-refractivity contribution in [3.63, 3.8) is 0 Å². The van der Waals surface area contributed by atoms with Gasteiger partial charge in [-0.3, -0.25) is 0 Å². The minimum atomic E-state index is 0.757. The van der Waals surface area contributed by atoms with E-state index in [-0.39, 0.29) is 0 Å². The van der Waals surface area contributed by atoms with Gasteiger partial charge >= 0.3 is 0 Å². The minimum absolute atomic E-state index is 0.757. The maximum atomic E-state index is 3.68. The van der Waals surface area contributed by atoms with Crippen molar-refractivity contribution < 1.29 is 0 Å². The summed E-state index contributed by atoms with van der Waals surface area (Å²) in [4.78, 5) is 0. The molecule has 0 nitrogen and oxygen atoms in total. The average molecular weight is 111 g/mol. The van der Waals surface area contributed by atoms with E-state index in [1.807, 2.05) is 6.08 Å². The van der Waals surface area contributed by atoms with Crippen LogP contribution in [0.1, 0.15) is 26.7 Å². The van der Waals surface area contributed by atoms with Gasteiger partial charge in [-0.2, -0.15) is 0 Å². The van der Waals surface area contributed by atoms with Crippen molar-refractivity contribution in [2.75, 3.05) is 0 Å². The standard InChI is InChI=1S/C8H15/c1-4-7-8(5-2)6-3/h4-5,8H,1,6-7H2,2-3H3. The Morgan fingerprint density at radius 3 is 2.38 bits per heavy atom. The van der Waals surface area contributed by atoms with Crippen LogP contribution in [0.4, 0.5) is 0 Å². The Morgan fingerprint density at radius 1 is 1.62 bits per heavy atom. The van der Waals surface area contributed by atoms with Crippen molar-refractivity contribution in [2.45, 2.75) is 26.7 Å². The highest BCUT2D eigenvalue weighted by Crippen LogP contribution is 2.10. The Bertz CT molecular complexity index is 51.1. The molecule has 0 aromatic rings. The first kappa shape index (κ1) is 7.74. The molecule has 0 aliphatic heterocycles. The predicted molar refractivity (Wildman–Crippen MR) is 38.6 cm³/mol. The molecular weight excluding hydrogens is 96.1 g/mol. The second kappa shape index (κ2) is 4.89. The van der Waals surface area contributed by atoms with Crippen molar-refractivity contribution in [1.82, 2.24) is 0 Å². The predicted octanol–water partition coefficient (Wildman–Crippen LogP) is 2.81. The van der Waals surface area contributed by atoms with E-state index in [0.29, 0.717) is 0 Å². The maximum absolute atomic E-state index is 3.68. The monoisotopic (exact) mass is 111 g/mol. The summed E-state index contributed by atoms with van der Waals surface area (Å²) in [5.74, 6) is 0.757. The molecular formula is C8H15. The summed E-state index contributed by atoms with van der Waals surface area (Å²) in [6.07, 6.45) is 6.59. The van der Waals surface area contributed by atoms with Crippen LogP contribution in [-0.4, -0.2) is 0 Å². The number of hydrogen-bond donors (Lipinski definition) is 0. The van der Waals surface area contributed by atoms with Gasteiger partial charge in [0.25, 0.3) is 0 Å². The first-order chi connectivity index (χ1) is 3.85. The molecule has 0 N–H and O–H groups in total. The van der Waals surface area contributed by atoms with Crippen molar-refractivity contribution >= 4 is 0 Å². The third-order valence-electron chi connectivity index (χ3n) is 1.47. The fraction of sp³-hybridized carbons (Fsp3) is 0.625. The van der Waals surface area contributed by atoms with Gasteiger partial charge in [0.2, 0.25) is 0 Å². The van der Waals surface area contributed by atoms with Crippen LogP contribution in [0.25, 0.3) is 0 Å². The zero-order chi connectivity index (χ0) is 6.41. The van der Waals surface area contributed by atoms with E-state index in [0.717, 1.165) is 12.3 Å². The molecule has 47 valence electrons. The van der Waals surface area contributed by atoms with Gasteiger partial charge in [-0.25, -0.2) is 0 Å². The molecule has 0 saturated heterocycles. The maximum Gasteiger partial charge on any atom is -0.0322 e. The summed E-state index contributed by atoms with van der Waals surface area (Å²) in [5.41, 5.74) is 0. The highest BCUT2D eigenvalue weighted by Gasteiger charge is 1.97. The second-order valence-electron chi connectivity index (χ2n) is 2.03. The molecule has 0 spiro atoms. The Balaban J connectivity index is 3.20. The first-order valence-electron chi connectivity index (χ1n) is 3.25. The van der Waals surface area contributed by atoms with Gasteiger partial charge < -0.3 is 0 Å². The van der Waals surface area contributed by atoms with Gasteiger partial charge in [0, 0.05) is 0 Å². The first-order valence-corrected chi connectivity index (χ1v) is 3.25. The molecule has 0 heterocycles. The van der Waals surface area contributed by atoms with E-state index in [4.69, 9.17) is 0 Å². The highest BCUT2D eigenvalue weighted by atomic mass is 14.0. The molecule has 0 amide bonds.